The molecule has 0 radical (unpaired) electrons. The van der Waals surface area contributed by atoms with Crippen LogP contribution in [-0.4, -0.2) is 57.3 Å². The zero-order chi connectivity index (χ0) is 14.9. The molecule has 5 nitrogen and oxygen atoms in total. The minimum Gasteiger partial charge on any atom is -0.369 e. The Morgan fingerprint density at radius 1 is 0.950 bits per heavy atom. The molecule has 0 saturated carbocycles. The highest BCUT2D eigenvalue weighted by molar-refractivity contribution is 7.86. The van der Waals surface area contributed by atoms with Gasteiger partial charge in [-0.25, -0.2) is 0 Å². The Kier molecular flexibility index (Phi) is 4.36. The predicted molar refractivity (Wildman–Crippen MR) is 82.3 cm³/mol. The van der Waals surface area contributed by atoms with Crippen LogP contribution in [0.3, 0.4) is 0 Å². The van der Waals surface area contributed by atoms with Crippen molar-refractivity contribution < 1.29 is 8.42 Å². The van der Waals surface area contributed by atoms with E-state index in [1.165, 1.54) is 21.1 Å². The summed E-state index contributed by atoms with van der Waals surface area (Å²) < 4.78 is 27.0. The SMILES string of the molecule is Cc1cc(C)cc(N2CCN(S(=O)(=O)N(C)C)CC2)c1. The summed E-state index contributed by atoms with van der Waals surface area (Å²) in [6.07, 6.45) is 0. The number of benzene rings is 1. The quantitative estimate of drug-likeness (QED) is 0.843. The number of piperazine rings is 1. The molecule has 112 valence electrons. The zero-order valence-electron chi connectivity index (χ0n) is 12.6. The van der Waals surface area contributed by atoms with E-state index in [0.717, 1.165) is 13.1 Å². The second-order valence-corrected chi connectivity index (χ2v) is 7.66. The monoisotopic (exact) mass is 297 g/mol. The zero-order valence-corrected chi connectivity index (χ0v) is 13.4. The van der Waals surface area contributed by atoms with Crippen molar-refractivity contribution in [2.24, 2.45) is 0 Å². The van der Waals surface area contributed by atoms with Crippen molar-refractivity contribution in [1.82, 2.24) is 8.61 Å². The lowest BCUT2D eigenvalue weighted by atomic mass is 10.1. The standard InChI is InChI=1S/C14H23N3O2S/c1-12-9-13(2)11-14(10-12)16-5-7-17(8-6-16)20(18,19)15(3)4/h9-11H,5-8H2,1-4H3. The molecule has 1 aromatic rings. The van der Waals surface area contributed by atoms with Crippen molar-refractivity contribution in [2.45, 2.75) is 13.8 Å². The van der Waals surface area contributed by atoms with Crippen LogP contribution in [0.2, 0.25) is 0 Å². The maximum Gasteiger partial charge on any atom is 0.281 e. The third kappa shape index (κ3) is 3.13. The lowest BCUT2D eigenvalue weighted by Gasteiger charge is -2.36. The number of hydrogen-bond donors (Lipinski definition) is 0. The van der Waals surface area contributed by atoms with E-state index in [1.807, 2.05) is 0 Å². The maximum atomic E-state index is 12.1. The van der Waals surface area contributed by atoms with Crippen LogP contribution in [0.4, 0.5) is 5.69 Å². The summed E-state index contributed by atoms with van der Waals surface area (Å²) in [7, 11) is -0.132. The van der Waals surface area contributed by atoms with Crippen LogP contribution in [0, 0.1) is 13.8 Å². The predicted octanol–water partition coefficient (Wildman–Crippen LogP) is 1.23. The minimum atomic E-state index is -3.28. The Hall–Kier alpha value is -1.11. The smallest absolute Gasteiger partial charge is 0.281 e. The Bertz CT molecular complexity index is 556. The highest BCUT2D eigenvalue weighted by Crippen LogP contribution is 2.21. The van der Waals surface area contributed by atoms with Gasteiger partial charge in [0.2, 0.25) is 0 Å². The summed E-state index contributed by atoms with van der Waals surface area (Å²) in [5.41, 5.74) is 3.66. The van der Waals surface area contributed by atoms with E-state index in [1.54, 1.807) is 18.4 Å². The van der Waals surface area contributed by atoms with Gasteiger partial charge in [-0.3, -0.25) is 0 Å². The van der Waals surface area contributed by atoms with Gasteiger partial charge < -0.3 is 4.90 Å². The lowest BCUT2D eigenvalue weighted by Crippen LogP contribution is -2.51. The molecule has 0 bridgehead atoms. The first-order valence-corrected chi connectivity index (χ1v) is 8.21. The molecule has 0 unspecified atom stereocenters. The van der Waals surface area contributed by atoms with Crippen LogP contribution in [0.5, 0.6) is 0 Å². The van der Waals surface area contributed by atoms with Gasteiger partial charge >= 0.3 is 0 Å². The second kappa shape index (κ2) is 5.71. The van der Waals surface area contributed by atoms with Gasteiger partial charge in [0.25, 0.3) is 10.2 Å². The molecule has 1 aliphatic heterocycles. The number of anilines is 1. The first-order chi connectivity index (χ1) is 9.30. The summed E-state index contributed by atoms with van der Waals surface area (Å²) in [4.78, 5) is 2.25. The average Bonchev–Trinajstić information content (AvgIpc) is 2.37. The fraction of sp³-hybridized carbons (Fsp3) is 0.571. The minimum absolute atomic E-state index is 0.535. The molecular weight excluding hydrogens is 274 g/mol. The number of hydrogen-bond acceptors (Lipinski definition) is 3. The molecule has 0 aliphatic carbocycles. The molecule has 1 saturated heterocycles. The first kappa shape index (κ1) is 15.3. The largest absolute Gasteiger partial charge is 0.369 e. The van der Waals surface area contributed by atoms with Gasteiger partial charge in [-0.1, -0.05) is 6.07 Å². The van der Waals surface area contributed by atoms with E-state index >= 15 is 0 Å². The van der Waals surface area contributed by atoms with Gasteiger partial charge in [-0.05, 0) is 37.1 Å². The van der Waals surface area contributed by atoms with Gasteiger partial charge in [0, 0.05) is 46.0 Å². The van der Waals surface area contributed by atoms with Crippen molar-refractivity contribution in [1.29, 1.82) is 0 Å². The van der Waals surface area contributed by atoms with Gasteiger partial charge in [0.05, 0.1) is 0 Å². The molecule has 20 heavy (non-hydrogen) atoms. The van der Waals surface area contributed by atoms with Crippen LogP contribution in [0.25, 0.3) is 0 Å². The Morgan fingerprint density at radius 3 is 1.90 bits per heavy atom. The average molecular weight is 297 g/mol. The van der Waals surface area contributed by atoms with Crippen LogP contribution < -0.4 is 4.90 Å². The van der Waals surface area contributed by atoms with E-state index in [-0.39, 0.29) is 0 Å². The molecular formula is C14H23N3O2S. The van der Waals surface area contributed by atoms with E-state index in [9.17, 15) is 8.42 Å². The summed E-state index contributed by atoms with van der Waals surface area (Å²) >= 11 is 0. The molecule has 1 aromatic carbocycles. The Balaban J connectivity index is 2.08. The summed E-state index contributed by atoms with van der Waals surface area (Å²) in [6.45, 7) is 6.71. The maximum absolute atomic E-state index is 12.1. The molecule has 1 fully saturated rings. The highest BCUT2D eigenvalue weighted by Gasteiger charge is 2.28. The van der Waals surface area contributed by atoms with Crippen LogP contribution in [-0.2, 0) is 10.2 Å². The van der Waals surface area contributed by atoms with E-state index in [4.69, 9.17) is 0 Å². The third-order valence-corrected chi connectivity index (χ3v) is 5.54. The van der Waals surface area contributed by atoms with Gasteiger partial charge in [0.1, 0.15) is 0 Å². The lowest BCUT2D eigenvalue weighted by molar-refractivity contribution is 0.355. The van der Waals surface area contributed by atoms with Crippen molar-refractivity contribution in [3.05, 3.63) is 29.3 Å². The third-order valence-electron chi connectivity index (χ3n) is 3.60. The van der Waals surface area contributed by atoms with Crippen molar-refractivity contribution >= 4 is 15.9 Å². The molecule has 6 heteroatoms. The normalized spacial score (nSPS) is 17.8. The Labute approximate surface area is 122 Å². The fourth-order valence-corrected chi connectivity index (χ4v) is 3.63. The number of aryl methyl sites for hydroxylation is 2. The second-order valence-electron chi connectivity index (χ2n) is 5.52. The topological polar surface area (TPSA) is 43.9 Å². The van der Waals surface area contributed by atoms with E-state index in [0.29, 0.717) is 13.1 Å². The van der Waals surface area contributed by atoms with Crippen molar-refractivity contribution in [3.63, 3.8) is 0 Å². The molecule has 0 amide bonds. The van der Waals surface area contributed by atoms with Crippen molar-refractivity contribution in [2.75, 3.05) is 45.2 Å². The first-order valence-electron chi connectivity index (χ1n) is 6.81. The summed E-state index contributed by atoms with van der Waals surface area (Å²) in [6, 6.07) is 6.46. The van der Waals surface area contributed by atoms with E-state index < -0.39 is 10.2 Å². The fourth-order valence-electron chi connectivity index (χ4n) is 2.54. The number of rotatable bonds is 3. The van der Waals surface area contributed by atoms with E-state index in [2.05, 4.69) is 36.9 Å². The van der Waals surface area contributed by atoms with Crippen LogP contribution in [0.1, 0.15) is 11.1 Å². The molecule has 0 N–H and O–H groups in total. The van der Waals surface area contributed by atoms with Crippen LogP contribution >= 0.6 is 0 Å². The molecule has 0 aromatic heterocycles. The van der Waals surface area contributed by atoms with Gasteiger partial charge in [-0.2, -0.15) is 17.0 Å². The molecule has 1 aliphatic rings. The Morgan fingerprint density at radius 2 is 1.45 bits per heavy atom. The highest BCUT2D eigenvalue weighted by atomic mass is 32.2. The molecule has 1 heterocycles. The van der Waals surface area contributed by atoms with Gasteiger partial charge in [0.15, 0.2) is 0 Å². The molecule has 0 atom stereocenters. The van der Waals surface area contributed by atoms with Crippen molar-refractivity contribution in [3.8, 4) is 0 Å². The van der Waals surface area contributed by atoms with Crippen LogP contribution in [0.15, 0.2) is 18.2 Å². The summed E-state index contributed by atoms with van der Waals surface area (Å²) in [5, 5.41) is 0. The van der Waals surface area contributed by atoms with Gasteiger partial charge in [-0.15, -0.1) is 0 Å². The number of nitrogens with zero attached hydrogens (tertiary/aromatic N) is 3. The summed E-state index contributed by atoms with van der Waals surface area (Å²) in [5.74, 6) is 0. The molecule has 2 rings (SSSR count). The molecule has 0 spiro atoms.